The van der Waals surface area contributed by atoms with Crippen molar-refractivity contribution in [2.75, 3.05) is 56.5 Å². The van der Waals surface area contributed by atoms with Crippen molar-refractivity contribution in [1.82, 2.24) is 10.6 Å². The zero-order valence-corrected chi connectivity index (χ0v) is 21.3. The zero-order chi connectivity index (χ0) is 24.2. The van der Waals surface area contributed by atoms with Gasteiger partial charge in [-0.3, -0.25) is 4.99 Å². The second-order valence-corrected chi connectivity index (χ2v) is 9.72. The molecule has 3 rings (SSSR count). The van der Waals surface area contributed by atoms with E-state index in [1.807, 2.05) is 0 Å². The lowest BCUT2D eigenvalue weighted by molar-refractivity contribution is 0.392. The minimum Gasteiger partial charge on any atom is -0.366 e. The summed E-state index contributed by atoms with van der Waals surface area (Å²) in [6, 6.07) is 19.5. The number of nitrogens with zero attached hydrogens (tertiary/aromatic N) is 2. The van der Waals surface area contributed by atoms with Crippen molar-refractivity contribution in [3.05, 3.63) is 60.2 Å². The Morgan fingerprint density at radius 1 is 0.882 bits per heavy atom. The van der Waals surface area contributed by atoms with Gasteiger partial charge in [-0.1, -0.05) is 50.2 Å². The summed E-state index contributed by atoms with van der Waals surface area (Å²) in [4.78, 5) is 7.45. The number of aliphatic imine (C=N–C) groups is 1. The number of hydrogen-bond acceptors (Lipinski definition) is 5. The molecule has 0 saturated heterocycles. The second kappa shape index (κ2) is 13.5. The van der Waals surface area contributed by atoms with E-state index in [2.05, 4.69) is 96.3 Å². The molecule has 0 bridgehead atoms. The highest BCUT2D eigenvalue weighted by Gasteiger charge is 2.43. The van der Waals surface area contributed by atoms with Gasteiger partial charge in [0, 0.05) is 30.4 Å². The summed E-state index contributed by atoms with van der Waals surface area (Å²) in [5, 5.41) is 10.7. The van der Waals surface area contributed by atoms with Crippen LogP contribution < -0.4 is 26.6 Å². The Balaban J connectivity index is 1.54. The third-order valence-corrected chi connectivity index (χ3v) is 6.65. The molecule has 1 heterocycles. The minimum atomic E-state index is -0.150. The van der Waals surface area contributed by atoms with Gasteiger partial charge in [0.2, 0.25) is 0 Å². The average molecular weight is 465 g/mol. The predicted molar refractivity (Wildman–Crippen MR) is 147 cm³/mol. The number of benzene rings is 2. The fourth-order valence-corrected chi connectivity index (χ4v) is 4.78. The molecule has 0 aliphatic carbocycles. The first-order chi connectivity index (χ1) is 16.6. The van der Waals surface area contributed by atoms with Gasteiger partial charge in [0.1, 0.15) is 5.84 Å². The van der Waals surface area contributed by atoms with Crippen molar-refractivity contribution >= 4 is 17.2 Å². The Hall–Kier alpha value is -2.41. The molecule has 0 saturated carbocycles. The second-order valence-electron chi connectivity index (χ2n) is 9.72. The third kappa shape index (κ3) is 7.05. The molecule has 1 aliphatic heterocycles. The Morgan fingerprint density at radius 2 is 1.50 bits per heavy atom. The van der Waals surface area contributed by atoms with E-state index < -0.39 is 0 Å². The first-order valence-electron chi connectivity index (χ1n) is 12.9. The van der Waals surface area contributed by atoms with Gasteiger partial charge in [0.05, 0.1) is 6.04 Å². The average Bonchev–Trinajstić information content (AvgIpc) is 2.85. The van der Waals surface area contributed by atoms with E-state index in [0.29, 0.717) is 0 Å². The summed E-state index contributed by atoms with van der Waals surface area (Å²) < 4.78 is 0. The van der Waals surface area contributed by atoms with Crippen LogP contribution in [0.1, 0.15) is 51.1 Å². The van der Waals surface area contributed by atoms with Gasteiger partial charge in [-0.15, -0.1) is 0 Å². The lowest BCUT2D eigenvalue weighted by atomic mass is 9.75. The van der Waals surface area contributed by atoms with E-state index in [9.17, 15) is 0 Å². The maximum atomic E-state index is 5.51. The predicted octanol–water partition coefficient (Wildman–Crippen LogP) is 4.41. The molecule has 0 fully saturated rings. The van der Waals surface area contributed by atoms with Gasteiger partial charge >= 0.3 is 0 Å². The Kier molecular flexibility index (Phi) is 10.4. The van der Waals surface area contributed by atoms with Crippen molar-refractivity contribution in [3.8, 4) is 0 Å². The number of rotatable bonds is 14. The maximum absolute atomic E-state index is 5.51. The third-order valence-electron chi connectivity index (χ3n) is 6.65. The van der Waals surface area contributed by atoms with Crippen LogP contribution in [0.5, 0.6) is 0 Å². The molecule has 2 aromatic rings. The van der Waals surface area contributed by atoms with Gasteiger partial charge in [0.25, 0.3) is 0 Å². The summed E-state index contributed by atoms with van der Waals surface area (Å²) in [5.41, 5.74) is 9.06. The van der Waals surface area contributed by atoms with Gasteiger partial charge in [0.15, 0.2) is 0 Å². The van der Waals surface area contributed by atoms with Crippen molar-refractivity contribution < 1.29 is 0 Å². The van der Waals surface area contributed by atoms with Gasteiger partial charge < -0.3 is 26.6 Å². The van der Waals surface area contributed by atoms with E-state index in [4.69, 9.17) is 10.7 Å². The molecule has 0 radical (unpaired) electrons. The molecule has 34 heavy (non-hydrogen) atoms. The molecule has 6 nitrogen and oxygen atoms in total. The van der Waals surface area contributed by atoms with Crippen LogP contribution in [-0.4, -0.2) is 52.2 Å². The summed E-state index contributed by atoms with van der Waals surface area (Å²) in [7, 11) is 2.19. The maximum Gasteiger partial charge on any atom is 0.109 e. The van der Waals surface area contributed by atoms with Gasteiger partial charge in [-0.2, -0.15) is 0 Å². The molecule has 186 valence electrons. The molecule has 0 aromatic heterocycles. The number of nitrogens with one attached hydrogen (secondary N) is 3. The molecule has 1 unspecified atom stereocenters. The Labute approximate surface area is 206 Å². The molecule has 1 aliphatic rings. The molecule has 1 atom stereocenters. The molecular formula is C28H44N6. The summed E-state index contributed by atoms with van der Waals surface area (Å²) in [6.07, 6.45) is 4.49. The smallest absolute Gasteiger partial charge is 0.109 e. The molecule has 5 N–H and O–H groups in total. The molecule has 0 spiro atoms. The molecule has 0 amide bonds. The number of anilines is 2. The van der Waals surface area contributed by atoms with Crippen molar-refractivity contribution in [2.24, 2.45) is 16.1 Å². The highest BCUT2D eigenvalue weighted by molar-refractivity contribution is 6.03. The first-order valence-corrected chi connectivity index (χ1v) is 12.9. The fraction of sp³-hybridized carbons (Fsp3) is 0.536. The Morgan fingerprint density at radius 3 is 2.21 bits per heavy atom. The van der Waals surface area contributed by atoms with E-state index in [1.54, 1.807) is 0 Å². The summed E-state index contributed by atoms with van der Waals surface area (Å²) in [6.45, 7) is 10.4. The quantitative estimate of drug-likeness (QED) is 0.312. The largest absolute Gasteiger partial charge is 0.366 e. The van der Waals surface area contributed by atoms with E-state index in [-0.39, 0.29) is 11.5 Å². The lowest BCUT2D eigenvalue weighted by Gasteiger charge is -2.46. The number of amidine groups is 1. The SMILES string of the molecule is CN(c1ccccc1)C1c2ccccc2NC(=NCCCNCCCCNCCCN)C1(C)C. The molecule has 6 heteroatoms. The van der Waals surface area contributed by atoms with Crippen LogP contribution in [-0.2, 0) is 0 Å². The van der Waals surface area contributed by atoms with Crippen LogP contribution >= 0.6 is 0 Å². The van der Waals surface area contributed by atoms with Crippen molar-refractivity contribution in [1.29, 1.82) is 0 Å². The zero-order valence-electron chi connectivity index (χ0n) is 21.3. The highest BCUT2D eigenvalue weighted by atomic mass is 15.2. The molecular weight excluding hydrogens is 420 g/mol. The molecule has 2 aromatic carbocycles. The van der Waals surface area contributed by atoms with E-state index in [0.717, 1.165) is 63.6 Å². The van der Waals surface area contributed by atoms with Crippen LogP contribution in [0.4, 0.5) is 11.4 Å². The van der Waals surface area contributed by atoms with Crippen LogP contribution in [0.15, 0.2) is 59.6 Å². The highest BCUT2D eigenvalue weighted by Crippen LogP contribution is 2.47. The van der Waals surface area contributed by atoms with Crippen molar-refractivity contribution in [2.45, 2.75) is 45.6 Å². The topological polar surface area (TPSA) is 77.7 Å². The van der Waals surface area contributed by atoms with Crippen LogP contribution in [0.2, 0.25) is 0 Å². The van der Waals surface area contributed by atoms with Crippen LogP contribution in [0.25, 0.3) is 0 Å². The summed E-state index contributed by atoms with van der Waals surface area (Å²) in [5.74, 6) is 1.07. The normalized spacial score (nSPS) is 17.9. The summed E-state index contributed by atoms with van der Waals surface area (Å²) >= 11 is 0. The first kappa shape index (κ1) is 26.2. The van der Waals surface area contributed by atoms with Crippen molar-refractivity contribution in [3.63, 3.8) is 0 Å². The van der Waals surface area contributed by atoms with Gasteiger partial charge in [-0.05, 0) is 82.2 Å². The van der Waals surface area contributed by atoms with E-state index >= 15 is 0 Å². The standard InChI is InChI=1S/C28H44N6/c1-28(2)26(34(3)23-13-5-4-6-14-23)24-15-7-8-16-25(24)33-27(28)32-22-12-21-31-19-10-9-18-30-20-11-17-29/h4-8,13-16,26,30-31H,9-12,17-22,29H2,1-3H3,(H,32,33). The monoisotopic (exact) mass is 464 g/mol. The van der Waals surface area contributed by atoms with Gasteiger partial charge in [-0.25, -0.2) is 0 Å². The lowest BCUT2D eigenvalue weighted by Crippen LogP contribution is -2.47. The number of para-hydroxylation sites is 2. The van der Waals surface area contributed by atoms with Crippen LogP contribution in [0.3, 0.4) is 0 Å². The number of fused-ring (bicyclic) bond motifs is 1. The fourth-order valence-electron chi connectivity index (χ4n) is 4.78. The number of hydrogen-bond donors (Lipinski definition) is 4. The minimum absolute atomic E-state index is 0.150. The number of nitrogens with two attached hydrogens (primary N) is 1. The number of unbranched alkanes of at least 4 members (excludes halogenated alkanes) is 1. The Bertz CT molecular complexity index is 879. The van der Waals surface area contributed by atoms with E-state index in [1.165, 1.54) is 24.1 Å². The van der Waals surface area contributed by atoms with Crippen LogP contribution in [0, 0.1) is 5.41 Å².